The lowest BCUT2D eigenvalue weighted by Gasteiger charge is -2.31. The van der Waals surface area contributed by atoms with Crippen molar-refractivity contribution in [3.63, 3.8) is 0 Å². The summed E-state index contributed by atoms with van der Waals surface area (Å²) in [4.78, 5) is 25.4. The number of benzene rings is 1. The summed E-state index contributed by atoms with van der Waals surface area (Å²) in [7, 11) is 0. The second-order valence-corrected chi connectivity index (χ2v) is 6.99. The average molecular weight is 350 g/mol. The van der Waals surface area contributed by atoms with Gasteiger partial charge < -0.3 is 15.0 Å². The molecule has 6 heteroatoms. The van der Waals surface area contributed by atoms with Crippen LogP contribution in [0.4, 0.5) is 4.79 Å². The maximum Gasteiger partial charge on any atom is 0.409 e. The summed E-state index contributed by atoms with van der Waals surface area (Å²) >= 11 is 1.62. The van der Waals surface area contributed by atoms with Crippen LogP contribution >= 0.6 is 11.8 Å². The van der Waals surface area contributed by atoms with Crippen LogP contribution in [0.5, 0.6) is 0 Å². The molecule has 132 valence electrons. The van der Waals surface area contributed by atoms with E-state index in [4.69, 9.17) is 4.74 Å². The van der Waals surface area contributed by atoms with E-state index in [1.807, 2.05) is 0 Å². The molecule has 1 fully saturated rings. The summed E-state index contributed by atoms with van der Waals surface area (Å²) in [5.74, 6) is 1.38. The molecule has 1 aromatic carbocycles. The Labute approximate surface area is 148 Å². The Balaban J connectivity index is 1.63. The Bertz CT molecular complexity index is 540. The Morgan fingerprint density at radius 3 is 2.54 bits per heavy atom. The number of aryl methyl sites for hydroxylation is 1. The van der Waals surface area contributed by atoms with Gasteiger partial charge in [0.1, 0.15) is 0 Å². The molecule has 0 aliphatic carbocycles. The maximum absolute atomic E-state index is 12.0. The molecule has 1 aromatic rings. The minimum absolute atomic E-state index is 0.0710. The predicted octanol–water partition coefficient (Wildman–Crippen LogP) is 2.97. The molecule has 0 aromatic heterocycles. The highest BCUT2D eigenvalue weighted by atomic mass is 32.2. The second kappa shape index (κ2) is 9.57. The van der Waals surface area contributed by atoms with Crippen molar-refractivity contribution < 1.29 is 14.3 Å². The number of nitrogens with zero attached hydrogens (tertiary/aromatic N) is 1. The molecule has 1 N–H and O–H groups in total. The number of carbonyl (C=O) groups is 2. The minimum Gasteiger partial charge on any atom is -0.450 e. The predicted molar refractivity (Wildman–Crippen MR) is 97.1 cm³/mol. The van der Waals surface area contributed by atoms with Crippen LogP contribution in [0.3, 0.4) is 0 Å². The van der Waals surface area contributed by atoms with Crippen LogP contribution in [0.15, 0.2) is 24.3 Å². The van der Waals surface area contributed by atoms with Gasteiger partial charge in [-0.1, -0.05) is 29.8 Å². The van der Waals surface area contributed by atoms with Crippen LogP contribution < -0.4 is 5.32 Å². The number of ether oxygens (including phenoxy) is 1. The number of amides is 2. The zero-order valence-corrected chi connectivity index (χ0v) is 15.2. The van der Waals surface area contributed by atoms with Gasteiger partial charge >= 0.3 is 6.09 Å². The zero-order chi connectivity index (χ0) is 17.4. The SMILES string of the molecule is CCOC(=O)N1CCC(NC(=O)CSCc2ccc(C)cc2)CC1. The number of hydrogen-bond acceptors (Lipinski definition) is 4. The van der Waals surface area contributed by atoms with Crippen LogP contribution in [-0.4, -0.2) is 48.4 Å². The van der Waals surface area contributed by atoms with Crippen molar-refractivity contribution in [2.75, 3.05) is 25.4 Å². The third-order valence-electron chi connectivity index (χ3n) is 4.01. The number of hydrogen-bond donors (Lipinski definition) is 1. The highest BCUT2D eigenvalue weighted by Gasteiger charge is 2.24. The summed E-state index contributed by atoms with van der Waals surface area (Å²) in [6.07, 6.45) is 1.32. The van der Waals surface area contributed by atoms with E-state index in [0.717, 1.165) is 18.6 Å². The first-order chi connectivity index (χ1) is 11.6. The van der Waals surface area contributed by atoms with Crippen molar-refractivity contribution in [2.45, 2.75) is 38.5 Å². The molecule has 0 spiro atoms. The molecule has 1 saturated heterocycles. The molecule has 0 atom stereocenters. The van der Waals surface area contributed by atoms with Gasteiger partial charge in [-0.3, -0.25) is 4.79 Å². The topological polar surface area (TPSA) is 58.6 Å². The Hall–Kier alpha value is -1.69. The van der Waals surface area contributed by atoms with Crippen LogP contribution in [-0.2, 0) is 15.3 Å². The van der Waals surface area contributed by atoms with Gasteiger partial charge in [0.15, 0.2) is 0 Å². The van der Waals surface area contributed by atoms with E-state index < -0.39 is 0 Å². The first kappa shape index (κ1) is 18.6. The summed E-state index contributed by atoms with van der Waals surface area (Å²) in [5.41, 5.74) is 2.48. The Morgan fingerprint density at radius 1 is 1.25 bits per heavy atom. The van der Waals surface area contributed by atoms with Crippen LogP contribution in [0, 0.1) is 6.92 Å². The Morgan fingerprint density at radius 2 is 1.92 bits per heavy atom. The molecule has 1 aliphatic rings. The van der Waals surface area contributed by atoms with Gasteiger partial charge in [-0.05, 0) is 32.3 Å². The molecular weight excluding hydrogens is 324 g/mol. The van der Waals surface area contributed by atoms with E-state index in [9.17, 15) is 9.59 Å². The normalized spacial score (nSPS) is 15.2. The largest absolute Gasteiger partial charge is 0.450 e. The summed E-state index contributed by atoms with van der Waals surface area (Å²) < 4.78 is 5.00. The number of rotatable bonds is 6. The Kier molecular flexibility index (Phi) is 7.43. The molecule has 0 radical (unpaired) electrons. The van der Waals surface area contributed by atoms with Gasteiger partial charge in [0, 0.05) is 24.9 Å². The molecule has 0 bridgehead atoms. The van der Waals surface area contributed by atoms with Gasteiger partial charge in [0.05, 0.1) is 12.4 Å². The standard InChI is InChI=1S/C18H26N2O3S/c1-3-23-18(22)20-10-8-16(9-11-20)19-17(21)13-24-12-15-6-4-14(2)5-7-15/h4-7,16H,3,8-13H2,1-2H3,(H,19,21). The van der Waals surface area contributed by atoms with Crippen LogP contribution in [0.1, 0.15) is 30.9 Å². The fourth-order valence-corrected chi connectivity index (χ4v) is 3.44. The van der Waals surface area contributed by atoms with Crippen molar-refractivity contribution in [1.82, 2.24) is 10.2 Å². The number of carbonyl (C=O) groups excluding carboxylic acids is 2. The molecule has 1 aliphatic heterocycles. The van der Waals surface area contributed by atoms with Gasteiger partial charge in [-0.25, -0.2) is 4.79 Å². The monoisotopic (exact) mass is 350 g/mol. The van der Waals surface area contributed by atoms with Crippen molar-refractivity contribution in [3.8, 4) is 0 Å². The molecule has 0 unspecified atom stereocenters. The van der Waals surface area contributed by atoms with Gasteiger partial charge in [0.25, 0.3) is 0 Å². The molecular formula is C18H26N2O3S. The summed E-state index contributed by atoms with van der Waals surface area (Å²) in [6, 6.07) is 8.54. The van der Waals surface area contributed by atoms with E-state index >= 15 is 0 Å². The first-order valence-corrected chi connectivity index (χ1v) is 9.58. The summed E-state index contributed by atoms with van der Waals surface area (Å²) in [6.45, 7) is 5.55. The number of likely N-dealkylation sites (tertiary alicyclic amines) is 1. The van der Waals surface area contributed by atoms with Crippen molar-refractivity contribution >= 4 is 23.8 Å². The van der Waals surface area contributed by atoms with Gasteiger partial charge in [-0.2, -0.15) is 0 Å². The number of nitrogens with one attached hydrogen (secondary N) is 1. The fraction of sp³-hybridized carbons (Fsp3) is 0.556. The van der Waals surface area contributed by atoms with Crippen molar-refractivity contribution in [1.29, 1.82) is 0 Å². The maximum atomic E-state index is 12.0. The lowest BCUT2D eigenvalue weighted by molar-refractivity contribution is -0.119. The third-order valence-corrected chi connectivity index (χ3v) is 5.01. The van der Waals surface area contributed by atoms with Gasteiger partial charge in [0.2, 0.25) is 5.91 Å². The first-order valence-electron chi connectivity index (χ1n) is 8.43. The quantitative estimate of drug-likeness (QED) is 0.857. The molecule has 1 heterocycles. The third kappa shape index (κ3) is 6.07. The zero-order valence-electron chi connectivity index (χ0n) is 14.4. The number of thioether (sulfide) groups is 1. The van der Waals surface area contributed by atoms with E-state index in [1.165, 1.54) is 11.1 Å². The average Bonchev–Trinajstić information content (AvgIpc) is 2.57. The molecule has 5 nitrogen and oxygen atoms in total. The van der Waals surface area contributed by atoms with Crippen molar-refractivity contribution in [2.24, 2.45) is 0 Å². The lowest BCUT2D eigenvalue weighted by Crippen LogP contribution is -2.47. The molecule has 24 heavy (non-hydrogen) atoms. The van der Waals surface area contributed by atoms with Gasteiger partial charge in [-0.15, -0.1) is 11.8 Å². The van der Waals surface area contributed by atoms with Crippen molar-refractivity contribution in [3.05, 3.63) is 35.4 Å². The highest BCUT2D eigenvalue weighted by Crippen LogP contribution is 2.14. The lowest BCUT2D eigenvalue weighted by atomic mass is 10.1. The smallest absolute Gasteiger partial charge is 0.409 e. The van der Waals surface area contributed by atoms with E-state index in [2.05, 4.69) is 36.5 Å². The van der Waals surface area contributed by atoms with E-state index in [-0.39, 0.29) is 18.0 Å². The van der Waals surface area contributed by atoms with E-state index in [1.54, 1.807) is 23.6 Å². The second-order valence-electron chi connectivity index (χ2n) is 6.01. The van der Waals surface area contributed by atoms with Crippen LogP contribution in [0.25, 0.3) is 0 Å². The summed E-state index contributed by atoms with van der Waals surface area (Å²) in [5, 5.41) is 3.07. The molecule has 2 amide bonds. The highest BCUT2D eigenvalue weighted by molar-refractivity contribution is 7.99. The molecule has 0 saturated carbocycles. The number of piperidine rings is 1. The van der Waals surface area contributed by atoms with E-state index in [0.29, 0.717) is 25.4 Å². The fourth-order valence-electron chi connectivity index (χ4n) is 2.64. The molecule has 2 rings (SSSR count). The minimum atomic E-state index is -0.254. The van der Waals surface area contributed by atoms with Crippen LogP contribution in [0.2, 0.25) is 0 Å².